The molecule has 25 heavy (non-hydrogen) atoms. The van der Waals surface area contributed by atoms with Gasteiger partial charge >= 0.3 is 0 Å². The molecule has 2 aromatic carbocycles. The van der Waals surface area contributed by atoms with E-state index in [1.807, 2.05) is 24.3 Å². The van der Waals surface area contributed by atoms with Crippen LogP contribution in [0.2, 0.25) is 0 Å². The van der Waals surface area contributed by atoms with Gasteiger partial charge in [0.05, 0.1) is 22.2 Å². The molecule has 0 saturated carbocycles. The topological polar surface area (TPSA) is 97.7 Å². The Bertz CT molecular complexity index is 1160. The number of nitrogens with two attached hydrogens (primary N) is 1. The Morgan fingerprint density at radius 3 is 2.48 bits per heavy atom. The molecule has 0 unspecified atom stereocenters. The highest BCUT2D eigenvalue weighted by Crippen LogP contribution is 2.24. The Labute approximate surface area is 142 Å². The number of ketones is 1. The fourth-order valence-electron chi connectivity index (χ4n) is 2.89. The molecule has 2 aromatic heterocycles. The van der Waals surface area contributed by atoms with E-state index in [0.29, 0.717) is 11.2 Å². The lowest BCUT2D eigenvalue weighted by molar-refractivity contribution is 0.100. The number of amides is 1. The van der Waals surface area contributed by atoms with Crippen LogP contribution >= 0.6 is 0 Å². The molecule has 0 aliphatic rings. The number of aromatic hydroxyl groups is 1. The summed E-state index contributed by atoms with van der Waals surface area (Å²) in [6.45, 7) is 0. The number of hydrogen-bond acceptors (Lipinski definition) is 4. The fraction of sp³-hybridized carbons (Fsp3) is 0. The summed E-state index contributed by atoms with van der Waals surface area (Å²) < 4.78 is 1.67. The van der Waals surface area contributed by atoms with Crippen molar-refractivity contribution in [3.63, 3.8) is 0 Å². The number of para-hydroxylation sites is 3. The predicted octanol–water partition coefficient (Wildman–Crippen LogP) is 2.52. The number of aromatic nitrogens is 2. The second-order valence-electron chi connectivity index (χ2n) is 5.65. The Balaban J connectivity index is 2.02. The van der Waals surface area contributed by atoms with Crippen LogP contribution < -0.4 is 5.73 Å². The minimum absolute atomic E-state index is 0.122. The minimum Gasteiger partial charge on any atom is -0.507 e. The van der Waals surface area contributed by atoms with Gasteiger partial charge in [-0.05, 0) is 30.3 Å². The molecule has 0 atom stereocenters. The van der Waals surface area contributed by atoms with Gasteiger partial charge in [-0.15, -0.1) is 0 Å². The molecule has 0 aliphatic heterocycles. The zero-order chi connectivity index (χ0) is 17.6. The molecule has 0 saturated heterocycles. The third kappa shape index (κ3) is 2.31. The van der Waals surface area contributed by atoms with E-state index in [1.165, 1.54) is 18.2 Å². The number of imidazole rings is 1. The van der Waals surface area contributed by atoms with Crippen molar-refractivity contribution in [1.29, 1.82) is 0 Å². The van der Waals surface area contributed by atoms with Gasteiger partial charge in [0.1, 0.15) is 5.75 Å². The Hall–Kier alpha value is -3.67. The maximum atomic E-state index is 12.8. The molecule has 0 bridgehead atoms. The summed E-state index contributed by atoms with van der Waals surface area (Å²) in [5.41, 5.74) is 7.87. The molecule has 2 heterocycles. The number of phenols is 1. The van der Waals surface area contributed by atoms with Gasteiger partial charge < -0.3 is 10.8 Å². The fourth-order valence-corrected chi connectivity index (χ4v) is 2.89. The van der Waals surface area contributed by atoms with Gasteiger partial charge in [0.2, 0.25) is 0 Å². The zero-order valence-corrected chi connectivity index (χ0v) is 13.0. The van der Waals surface area contributed by atoms with Crippen LogP contribution in [0, 0.1) is 0 Å². The Kier molecular flexibility index (Phi) is 3.25. The number of phenolic OH excluding ortho intramolecular Hbond substituents is 1. The summed E-state index contributed by atoms with van der Waals surface area (Å²) >= 11 is 0. The van der Waals surface area contributed by atoms with E-state index in [0.717, 1.165) is 5.52 Å². The van der Waals surface area contributed by atoms with Crippen molar-refractivity contribution in [2.75, 3.05) is 0 Å². The number of carbonyl (C=O) groups excluding carboxylic acids is 2. The third-order valence-corrected chi connectivity index (χ3v) is 4.08. The first-order chi connectivity index (χ1) is 12.1. The number of benzene rings is 2. The van der Waals surface area contributed by atoms with E-state index in [2.05, 4.69) is 4.98 Å². The molecule has 122 valence electrons. The van der Waals surface area contributed by atoms with Crippen LogP contribution in [0.3, 0.4) is 0 Å². The Morgan fingerprint density at radius 1 is 1.00 bits per heavy atom. The summed E-state index contributed by atoms with van der Waals surface area (Å²) in [6, 6.07) is 15.0. The highest BCUT2D eigenvalue weighted by atomic mass is 16.3. The maximum Gasteiger partial charge on any atom is 0.252 e. The van der Waals surface area contributed by atoms with Crippen molar-refractivity contribution in [3.8, 4) is 5.75 Å². The molecule has 0 radical (unpaired) electrons. The van der Waals surface area contributed by atoms with Crippen LogP contribution in [0.25, 0.3) is 16.7 Å². The molecule has 4 rings (SSSR count). The number of rotatable bonds is 3. The molecular weight excluding hydrogens is 318 g/mol. The molecular formula is C19H13N3O3. The van der Waals surface area contributed by atoms with Gasteiger partial charge in [-0.1, -0.05) is 24.3 Å². The first-order valence-electron chi connectivity index (χ1n) is 7.59. The van der Waals surface area contributed by atoms with E-state index in [1.54, 1.807) is 22.7 Å². The van der Waals surface area contributed by atoms with Crippen molar-refractivity contribution in [1.82, 2.24) is 9.38 Å². The lowest BCUT2D eigenvalue weighted by Gasteiger charge is -2.07. The lowest BCUT2D eigenvalue weighted by atomic mass is 10.0. The molecule has 0 aliphatic carbocycles. The van der Waals surface area contributed by atoms with Crippen LogP contribution in [0.1, 0.15) is 26.3 Å². The number of primary amides is 1. The molecule has 1 amide bonds. The van der Waals surface area contributed by atoms with Crippen LogP contribution in [0.5, 0.6) is 5.75 Å². The number of fused-ring (bicyclic) bond motifs is 3. The second kappa shape index (κ2) is 5.45. The Morgan fingerprint density at radius 2 is 1.72 bits per heavy atom. The first-order valence-corrected chi connectivity index (χ1v) is 7.59. The van der Waals surface area contributed by atoms with E-state index in [9.17, 15) is 14.7 Å². The summed E-state index contributed by atoms with van der Waals surface area (Å²) in [7, 11) is 0. The van der Waals surface area contributed by atoms with Crippen molar-refractivity contribution in [3.05, 3.63) is 77.5 Å². The molecule has 6 heteroatoms. The number of nitrogens with zero attached hydrogens (tertiary/aromatic N) is 2. The van der Waals surface area contributed by atoms with E-state index in [-0.39, 0.29) is 22.4 Å². The number of carbonyl (C=O) groups is 2. The summed E-state index contributed by atoms with van der Waals surface area (Å²) in [5, 5.41) is 9.93. The standard InChI is InChI=1S/C19H13N3O3/c20-18(25)13-9-11(17(24)12-5-1-4-8-16(12)23)10-22-15-7-3-2-6-14(15)21-19(13)22/h1-10,23H,(H2,20,25). The van der Waals surface area contributed by atoms with Gasteiger partial charge in [-0.25, -0.2) is 4.98 Å². The van der Waals surface area contributed by atoms with Crippen molar-refractivity contribution < 1.29 is 14.7 Å². The summed E-state index contributed by atoms with van der Waals surface area (Å²) in [6.07, 6.45) is 1.60. The average molecular weight is 331 g/mol. The molecule has 3 N–H and O–H groups in total. The lowest BCUT2D eigenvalue weighted by Crippen LogP contribution is -2.15. The average Bonchev–Trinajstić information content (AvgIpc) is 2.99. The first kappa shape index (κ1) is 14.9. The van der Waals surface area contributed by atoms with Crippen molar-refractivity contribution in [2.24, 2.45) is 5.73 Å². The van der Waals surface area contributed by atoms with Crippen LogP contribution in [0.4, 0.5) is 0 Å². The highest BCUT2D eigenvalue weighted by Gasteiger charge is 2.19. The van der Waals surface area contributed by atoms with Gasteiger partial charge in [0.15, 0.2) is 11.4 Å². The van der Waals surface area contributed by atoms with E-state index in [4.69, 9.17) is 5.73 Å². The third-order valence-electron chi connectivity index (χ3n) is 4.08. The molecule has 6 nitrogen and oxygen atoms in total. The van der Waals surface area contributed by atoms with Gasteiger partial charge in [0.25, 0.3) is 5.91 Å². The van der Waals surface area contributed by atoms with Gasteiger partial charge in [-0.3, -0.25) is 14.0 Å². The van der Waals surface area contributed by atoms with Crippen LogP contribution in [-0.4, -0.2) is 26.2 Å². The number of pyridine rings is 1. The number of hydrogen-bond donors (Lipinski definition) is 2. The van der Waals surface area contributed by atoms with E-state index >= 15 is 0 Å². The molecule has 0 spiro atoms. The van der Waals surface area contributed by atoms with Crippen molar-refractivity contribution in [2.45, 2.75) is 0 Å². The summed E-state index contributed by atoms with van der Waals surface area (Å²) in [4.78, 5) is 29.1. The largest absolute Gasteiger partial charge is 0.507 e. The quantitative estimate of drug-likeness (QED) is 0.564. The van der Waals surface area contributed by atoms with Gasteiger partial charge in [0, 0.05) is 11.8 Å². The van der Waals surface area contributed by atoms with Crippen LogP contribution in [0.15, 0.2) is 60.8 Å². The molecule has 0 fully saturated rings. The molecule has 4 aromatic rings. The minimum atomic E-state index is -0.674. The van der Waals surface area contributed by atoms with Crippen molar-refractivity contribution >= 4 is 28.4 Å². The summed E-state index contributed by atoms with van der Waals surface area (Å²) in [5.74, 6) is -1.20. The predicted molar refractivity (Wildman–Crippen MR) is 92.8 cm³/mol. The van der Waals surface area contributed by atoms with Gasteiger partial charge in [-0.2, -0.15) is 0 Å². The smallest absolute Gasteiger partial charge is 0.252 e. The SMILES string of the molecule is NC(=O)c1cc(C(=O)c2ccccc2O)cn2c1nc1ccccc12. The normalized spacial score (nSPS) is 11.0. The zero-order valence-electron chi connectivity index (χ0n) is 13.0. The highest BCUT2D eigenvalue weighted by molar-refractivity contribution is 6.12. The van der Waals surface area contributed by atoms with E-state index < -0.39 is 11.7 Å². The maximum absolute atomic E-state index is 12.8. The monoisotopic (exact) mass is 331 g/mol. The second-order valence-corrected chi connectivity index (χ2v) is 5.65. The van der Waals surface area contributed by atoms with Crippen LogP contribution in [-0.2, 0) is 0 Å².